The first-order valence-corrected chi connectivity index (χ1v) is 7.33. The fraction of sp³-hybridized carbons (Fsp3) is 0.267. The number of hydrogen-bond donors (Lipinski definition) is 3. The lowest BCUT2D eigenvalue weighted by molar-refractivity contribution is 0.203. The number of amides is 2. The Morgan fingerprint density at radius 1 is 1.25 bits per heavy atom. The van der Waals surface area contributed by atoms with Crippen LogP contribution in [0.25, 0.3) is 0 Å². The number of thiophene rings is 1. The quantitative estimate of drug-likeness (QED) is 0.792. The number of hydrogen-bond acceptors (Lipinski definition) is 3. The van der Waals surface area contributed by atoms with Gasteiger partial charge < -0.3 is 15.7 Å². The van der Waals surface area contributed by atoms with Gasteiger partial charge in [0.2, 0.25) is 0 Å². The van der Waals surface area contributed by atoms with Crippen molar-refractivity contribution in [2.45, 2.75) is 19.4 Å². The third-order valence-electron chi connectivity index (χ3n) is 2.78. The molecule has 0 radical (unpaired) electrons. The van der Waals surface area contributed by atoms with Gasteiger partial charge in [-0.25, -0.2) is 4.79 Å². The van der Waals surface area contributed by atoms with Crippen LogP contribution in [-0.4, -0.2) is 17.7 Å². The van der Waals surface area contributed by atoms with E-state index in [1.807, 2.05) is 42.5 Å². The molecule has 1 unspecified atom stereocenters. The maximum atomic E-state index is 11.7. The first-order valence-electron chi connectivity index (χ1n) is 6.52. The molecule has 0 aliphatic rings. The number of rotatable bonds is 5. The largest absolute Gasteiger partial charge is 0.388 e. The number of carbonyl (C=O) groups is 1. The highest BCUT2D eigenvalue weighted by molar-refractivity contribution is 7.12. The van der Waals surface area contributed by atoms with Crippen LogP contribution < -0.4 is 10.6 Å². The van der Waals surface area contributed by atoms with Gasteiger partial charge in [0, 0.05) is 22.0 Å². The molecule has 20 heavy (non-hydrogen) atoms. The van der Waals surface area contributed by atoms with E-state index >= 15 is 0 Å². The maximum absolute atomic E-state index is 11.7. The lowest BCUT2D eigenvalue weighted by Crippen LogP contribution is -2.30. The minimum absolute atomic E-state index is 0.205. The molecule has 1 aromatic carbocycles. The summed E-state index contributed by atoms with van der Waals surface area (Å²) < 4.78 is 0. The zero-order valence-electron chi connectivity index (χ0n) is 11.3. The summed E-state index contributed by atoms with van der Waals surface area (Å²) in [5, 5.41) is 15.0. The van der Waals surface area contributed by atoms with Crippen molar-refractivity contribution >= 4 is 23.1 Å². The summed E-state index contributed by atoms with van der Waals surface area (Å²) >= 11 is 1.57. The Labute approximate surface area is 122 Å². The van der Waals surface area contributed by atoms with Crippen molar-refractivity contribution in [1.29, 1.82) is 0 Å². The van der Waals surface area contributed by atoms with Gasteiger partial charge in [0.25, 0.3) is 0 Å². The molecule has 0 saturated heterocycles. The number of carbonyl (C=O) groups excluding carboxylic acids is 1. The zero-order chi connectivity index (χ0) is 14.4. The van der Waals surface area contributed by atoms with Crippen molar-refractivity contribution in [3.05, 3.63) is 52.2 Å². The highest BCUT2D eigenvalue weighted by atomic mass is 32.1. The number of urea groups is 1. The van der Waals surface area contributed by atoms with Gasteiger partial charge in [-0.2, -0.15) is 0 Å². The molecule has 0 aliphatic heterocycles. The van der Waals surface area contributed by atoms with Gasteiger partial charge in [-0.15, -0.1) is 11.3 Å². The molecule has 0 fully saturated rings. The lowest BCUT2D eigenvalue weighted by atomic mass is 10.3. The Morgan fingerprint density at radius 2 is 2.00 bits per heavy atom. The summed E-state index contributed by atoms with van der Waals surface area (Å²) in [5.41, 5.74) is 0.775. The average Bonchev–Trinajstić information content (AvgIpc) is 2.89. The highest BCUT2D eigenvalue weighted by Gasteiger charge is 2.06. The van der Waals surface area contributed by atoms with Gasteiger partial charge in [0.1, 0.15) is 0 Å². The first-order chi connectivity index (χ1) is 9.65. The van der Waals surface area contributed by atoms with Crippen molar-refractivity contribution in [3.63, 3.8) is 0 Å². The molecule has 2 rings (SSSR count). The summed E-state index contributed by atoms with van der Waals surface area (Å²) in [6.45, 7) is 2.32. The van der Waals surface area contributed by atoms with E-state index in [2.05, 4.69) is 10.6 Å². The molecule has 1 atom stereocenters. The molecule has 4 nitrogen and oxygen atoms in total. The Bertz CT molecular complexity index is 552. The second kappa shape index (κ2) is 7.07. The number of aliphatic hydroxyl groups is 1. The van der Waals surface area contributed by atoms with Gasteiger partial charge in [-0.3, -0.25) is 0 Å². The summed E-state index contributed by atoms with van der Waals surface area (Å²) in [7, 11) is 0. The summed E-state index contributed by atoms with van der Waals surface area (Å²) in [4.78, 5) is 13.8. The molecule has 0 aliphatic carbocycles. The van der Waals surface area contributed by atoms with Crippen LogP contribution in [-0.2, 0) is 6.42 Å². The SMILES string of the molecule is CC(O)c1ccc(CCNC(=O)Nc2ccccc2)s1. The number of aliphatic hydroxyl groups excluding tert-OH is 1. The van der Waals surface area contributed by atoms with Crippen LogP contribution in [0.15, 0.2) is 42.5 Å². The third-order valence-corrected chi connectivity index (χ3v) is 4.10. The lowest BCUT2D eigenvalue weighted by Gasteiger charge is -2.06. The van der Waals surface area contributed by atoms with Crippen LogP contribution in [0.5, 0.6) is 0 Å². The van der Waals surface area contributed by atoms with Crippen LogP contribution in [0.4, 0.5) is 10.5 Å². The van der Waals surface area contributed by atoms with Crippen LogP contribution in [0, 0.1) is 0 Å². The van der Waals surface area contributed by atoms with Gasteiger partial charge >= 0.3 is 6.03 Å². The Hall–Kier alpha value is -1.85. The molecule has 2 amide bonds. The van der Waals surface area contributed by atoms with Crippen LogP contribution in [0.3, 0.4) is 0 Å². The summed E-state index contributed by atoms with van der Waals surface area (Å²) in [6, 6.07) is 13.0. The molecular weight excluding hydrogens is 272 g/mol. The van der Waals surface area contributed by atoms with Crippen LogP contribution >= 0.6 is 11.3 Å². The maximum Gasteiger partial charge on any atom is 0.319 e. The normalized spacial score (nSPS) is 11.9. The van der Waals surface area contributed by atoms with Crippen molar-refractivity contribution < 1.29 is 9.90 Å². The Balaban J connectivity index is 1.73. The van der Waals surface area contributed by atoms with Crippen molar-refractivity contribution in [2.24, 2.45) is 0 Å². The smallest absolute Gasteiger partial charge is 0.319 e. The van der Waals surface area contributed by atoms with Crippen molar-refractivity contribution in [1.82, 2.24) is 5.32 Å². The molecule has 0 saturated carbocycles. The predicted molar refractivity (Wildman–Crippen MR) is 82.1 cm³/mol. The summed E-state index contributed by atoms with van der Waals surface area (Å²) in [5.74, 6) is 0. The van der Waals surface area contributed by atoms with Gasteiger partial charge in [0.05, 0.1) is 6.10 Å². The van der Waals surface area contributed by atoms with Crippen molar-refractivity contribution in [2.75, 3.05) is 11.9 Å². The molecule has 1 aromatic heterocycles. The van der Waals surface area contributed by atoms with E-state index in [4.69, 9.17) is 0 Å². The first kappa shape index (κ1) is 14.6. The Morgan fingerprint density at radius 3 is 2.65 bits per heavy atom. The fourth-order valence-corrected chi connectivity index (χ4v) is 2.70. The number of benzene rings is 1. The average molecular weight is 290 g/mol. The number of nitrogens with one attached hydrogen (secondary N) is 2. The molecular formula is C15H18N2O2S. The van der Waals surface area contributed by atoms with E-state index < -0.39 is 6.10 Å². The van der Waals surface area contributed by atoms with Gasteiger partial charge in [-0.1, -0.05) is 18.2 Å². The number of anilines is 1. The molecule has 106 valence electrons. The highest BCUT2D eigenvalue weighted by Crippen LogP contribution is 2.22. The molecule has 5 heteroatoms. The summed E-state index contributed by atoms with van der Waals surface area (Å²) in [6.07, 6.45) is 0.336. The van der Waals surface area contributed by atoms with Crippen molar-refractivity contribution in [3.8, 4) is 0 Å². The minimum Gasteiger partial charge on any atom is -0.388 e. The molecule has 0 spiro atoms. The predicted octanol–water partition coefficient (Wildman–Crippen LogP) is 3.17. The monoisotopic (exact) mass is 290 g/mol. The van der Waals surface area contributed by atoms with Gasteiger partial charge in [0.15, 0.2) is 0 Å². The van der Waals surface area contributed by atoms with E-state index in [1.54, 1.807) is 18.3 Å². The molecule has 1 heterocycles. The van der Waals surface area contributed by atoms with E-state index in [0.717, 1.165) is 21.9 Å². The second-order valence-corrected chi connectivity index (χ2v) is 5.68. The molecule has 0 bridgehead atoms. The standard InChI is InChI=1S/C15H18N2O2S/c1-11(18)14-8-7-13(20-14)9-10-16-15(19)17-12-5-3-2-4-6-12/h2-8,11,18H,9-10H2,1H3,(H2,16,17,19). The molecule has 3 N–H and O–H groups in total. The molecule has 2 aromatic rings. The zero-order valence-corrected chi connectivity index (χ0v) is 12.1. The van der Waals surface area contributed by atoms with E-state index in [1.165, 1.54) is 0 Å². The fourth-order valence-electron chi connectivity index (χ4n) is 1.75. The van der Waals surface area contributed by atoms with E-state index in [-0.39, 0.29) is 6.03 Å². The number of para-hydroxylation sites is 1. The third kappa shape index (κ3) is 4.36. The topological polar surface area (TPSA) is 61.4 Å². The van der Waals surface area contributed by atoms with Gasteiger partial charge in [-0.05, 0) is 37.6 Å². The minimum atomic E-state index is -0.428. The second-order valence-electron chi connectivity index (χ2n) is 4.48. The van der Waals surface area contributed by atoms with Crippen LogP contribution in [0.2, 0.25) is 0 Å². The van der Waals surface area contributed by atoms with Crippen LogP contribution in [0.1, 0.15) is 22.8 Å². The Kier molecular flexibility index (Phi) is 5.15. The van der Waals surface area contributed by atoms with E-state index in [9.17, 15) is 9.90 Å². The van der Waals surface area contributed by atoms with E-state index in [0.29, 0.717) is 6.54 Å².